The maximum absolute atomic E-state index is 12.9. The smallest absolute Gasteiger partial charge is 0.198 e. The van der Waals surface area contributed by atoms with Gasteiger partial charge in [0.2, 0.25) is 0 Å². The van der Waals surface area contributed by atoms with Crippen LogP contribution in [0.4, 0.5) is 11.4 Å². The normalized spacial score (nSPS) is 12.5. The van der Waals surface area contributed by atoms with Gasteiger partial charge in [-0.15, -0.1) is 0 Å². The molecular weight excluding hydrogens is 318 g/mol. The van der Waals surface area contributed by atoms with E-state index in [0.717, 1.165) is 0 Å². The zero-order valence-electron chi connectivity index (χ0n) is 13.0. The lowest BCUT2D eigenvalue weighted by Crippen LogP contribution is -2.22. The molecule has 0 spiro atoms. The van der Waals surface area contributed by atoms with Crippen LogP contribution in [0.5, 0.6) is 11.5 Å². The van der Waals surface area contributed by atoms with Crippen molar-refractivity contribution in [1.82, 2.24) is 0 Å². The van der Waals surface area contributed by atoms with E-state index < -0.39 is 17.3 Å². The Morgan fingerprint density at radius 3 is 1.92 bits per heavy atom. The van der Waals surface area contributed by atoms with Gasteiger partial charge in [-0.3, -0.25) is 9.59 Å². The lowest BCUT2D eigenvalue weighted by atomic mass is 9.82. The van der Waals surface area contributed by atoms with Gasteiger partial charge in [0.15, 0.2) is 23.1 Å². The molecule has 0 aromatic heterocycles. The summed E-state index contributed by atoms with van der Waals surface area (Å²) in [5.41, 5.74) is 1.33. The molecule has 3 aromatic rings. The first kappa shape index (κ1) is 15.0. The number of ketones is 2. The van der Waals surface area contributed by atoms with Crippen LogP contribution in [-0.2, 0) is 0 Å². The Morgan fingerprint density at radius 1 is 0.720 bits per heavy atom. The first-order chi connectivity index (χ1) is 12.1. The number of fused-ring (bicyclic) bond motifs is 2. The number of anilines is 2. The van der Waals surface area contributed by atoms with Crippen molar-refractivity contribution < 1.29 is 19.8 Å². The van der Waals surface area contributed by atoms with Gasteiger partial charge in [0, 0.05) is 22.9 Å². The molecule has 4 rings (SSSR count). The number of phenols is 2. The minimum absolute atomic E-state index is 0.0582. The van der Waals surface area contributed by atoms with Crippen LogP contribution >= 0.6 is 0 Å². The van der Waals surface area contributed by atoms with Crippen LogP contribution in [-0.4, -0.2) is 21.8 Å². The van der Waals surface area contributed by atoms with Crippen molar-refractivity contribution in [2.24, 2.45) is 0 Å². The van der Waals surface area contributed by atoms with Crippen molar-refractivity contribution in [3.05, 3.63) is 82.9 Å². The molecule has 0 aliphatic heterocycles. The third kappa shape index (κ3) is 2.25. The number of para-hydroxylation sites is 1. The summed E-state index contributed by atoms with van der Waals surface area (Å²) in [5, 5.41) is 23.3. The van der Waals surface area contributed by atoms with Crippen LogP contribution in [0.3, 0.4) is 0 Å². The average molecular weight is 331 g/mol. The topological polar surface area (TPSA) is 86.6 Å². The Hall–Kier alpha value is -3.60. The molecule has 0 fully saturated rings. The summed E-state index contributed by atoms with van der Waals surface area (Å²) in [7, 11) is 0. The molecule has 25 heavy (non-hydrogen) atoms. The van der Waals surface area contributed by atoms with E-state index in [4.69, 9.17) is 0 Å². The number of carbonyl (C=O) groups is 2. The molecule has 0 unspecified atom stereocenters. The lowest BCUT2D eigenvalue weighted by Gasteiger charge is -2.22. The summed E-state index contributed by atoms with van der Waals surface area (Å²) < 4.78 is 0. The van der Waals surface area contributed by atoms with Gasteiger partial charge in [0.25, 0.3) is 0 Å². The van der Waals surface area contributed by atoms with Crippen LogP contribution in [0, 0.1) is 0 Å². The van der Waals surface area contributed by atoms with E-state index in [9.17, 15) is 19.8 Å². The molecule has 122 valence electrons. The van der Waals surface area contributed by atoms with Crippen molar-refractivity contribution >= 4 is 22.9 Å². The Bertz CT molecular complexity index is 1030. The fourth-order valence-corrected chi connectivity index (χ4v) is 3.04. The predicted molar refractivity (Wildman–Crippen MR) is 92.8 cm³/mol. The van der Waals surface area contributed by atoms with Gasteiger partial charge >= 0.3 is 0 Å². The van der Waals surface area contributed by atoms with Gasteiger partial charge in [-0.1, -0.05) is 42.5 Å². The summed E-state index contributed by atoms with van der Waals surface area (Å²) in [6.45, 7) is 0. The van der Waals surface area contributed by atoms with Crippen molar-refractivity contribution in [2.45, 2.75) is 0 Å². The summed E-state index contributed by atoms with van der Waals surface area (Å²) in [4.78, 5) is 25.7. The number of rotatable bonds is 2. The van der Waals surface area contributed by atoms with Gasteiger partial charge in [-0.25, -0.2) is 0 Å². The summed E-state index contributed by atoms with van der Waals surface area (Å²) >= 11 is 0. The van der Waals surface area contributed by atoms with E-state index in [1.807, 2.05) is 18.2 Å². The quantitative estimate of drug-likeness (QED) is 0.386. The monoisotopic (exact) mass is 331 g/mol. The minimum atomic E-state index is -0.582. The number of benzene rings is 3. The minimum Gasteiger partial charge on any atom is -0.504 e. The van der Waals surface area contributed by atoms with E-state index in [1.54, 1.807) is 30.3 Å². The molecule has 0 heterocycles. The highest BCUT2D eigenvalue weighted by molar-refractivity contribution is 6.31. The standard InChI is InChI=1S/C20H13NO4/c22-15-10-14(21-11-6-2-1-3-7-11)16-17(20(15)25)19(24)13-9-5-4-8-12(13)18(16)23/h1-10,21-22,25H. The van der Waals surface area contributed by atoms with Gasteiger partial charge in [0.05, 0.1) is 16.8 Å². The second kappa shape index (κ2) is 5.49. The number of nitrogens with one attached hydrogen (secondary N) is 1. The molecule has 0 saturated heterocycles. The molecule has 0 bridgehead atoms. The Balaban J connectivity index is 1.96. The van der Waals surface area contributed by atoms with Gasteiger partial charge in [0.1, 0.15) is 0 Å². The summed E-state index contributed by atoms with van der Waals surface area (Å²) in [6, 6.07) is 16.8. The number of aromatic hydroxyl groups is 2. The highest BCUT2D eigenvalue weighted by atomic mass is 16.3. The van der Waals surface area contributed by atoms with E-state index >= 15 is 0 Å². The third-order valence-corrected chi connectivity index (χ3v) is 4.20. The van der Waals surface area contributed by atoms with Crippen molar-refractivity contribution in [1.29, 1.82) is 0 Å². The summed E-state index contributed by atoms with van der Waals surface area (Å²) in [5.74, 6) is -1.91. The molecule has 3 aromatic carbocycles. The fraction of sp³-hybridized carbons (Fsp3) is 0. The second-order valence-electron chi connectivity index (χ2n) is 5.74. The first-order valence-corrected chi connectivity index (χ1v) is 7.67. The molecule has 0 saturated carbocycles. The van der Waals surface area contributed by atoms with Gasteiger partial charge in [-0.05, 0) is 12.1 Å². The van der Waals surface area contributed by atoms with Crippen LogP contribution in [0.1, 0.15) is 31.8 Å². The van der Waals surface area contributed by atoms with Gasteiger partial charge in [-0.2, -0.15) is 0 Å². The molecule has 3 N–H and O–H groups in total. The van der Waals surface area contributed by atoms with E-state index in [1.165, 1.54) is 12.1 Å². The molecule has 5 heteroatoms. The molecular formula is C20H13NO4. The largest absolute Gasteiger partial charge is 0.504 e. The first-order valence-electron chi connectivity index (χ1n) is 7.67. The van der Waals surface area contributed by atoms with Crippen LogP contribution in [0.2, 0.25) is 0 Å². The molecule has 0 radical (unpaired) electrons. The Kier molecular flexibility index (Phi) is 3.28. The van der Waals surface area contributed by atoms with Crippen molar-refractivity contribution in [3.63, 3.8) is 0 Å². The van der Waals surface area contributed by atoms with E-state index in [2.05, 4.69) is 5.32 Å². The number of carbonyl (C=O) groups excluding carboxylic acids is 2. The van der Waals surface area contributed by atoms with E-state index in [-0.39, 0.29) is 33.7 Å². The van der Waals surface area contributed by atoms with E-state index in [0.29, 0.717) is 5.69 Å². The van der Waals surface area contributed by atoms with Gasteiger partial charge < -0.3 is 15.5 Å². The highest BCUT2D eigenvalue weighted by Crippen LogP contribution is 2.42. The highest BCUT2D eigenvalue weighted by Gasteiger charge is 2.35. The average Bonchev–Trinajstić information content (AvgIpc) is 2.63. The maximum Gasteiger partial charge on any atom is 0.198 e. The van der Waals surface area contributed by atoms with Crippen LogP contribution in [0.15, 0.2) is 60.7 Å². The van der Waals surface area contributed by atoms with Crippen molar-refractivity contribution in [3.8, 4) is 11.5 Å². The second-order valence-corrected chi connectivity index (χ2v) is 5.74. The molecule has 1 aliphatic rings. The van der Waals surface area contributed by atoms with Crippen LogP contribution in [0.25, 0.3) is 0 Å². The zero-order chi connectivity index (χ0) is 17.6. The van der Waals surface area contributed by atoms with Crippen molar-refractivity contribution in [2.75, 3.05) is 5.32 Å². The number of phenolic OH excluding ortho intramolecular Hbond substituents is 2. The Labute approximate surface area is 143 Å². The summed E-state index contributed by atoms with van der Waals surface area (Å²) in [6.07, 6.45) is 0. The maximum atomic E-state index is 12.9. The Morgan fingerprint density at radius 2 is 1.28 bits per heavy atom. The molecule has 1 aliphatic carbocycles. The third-order valence-electron chi connectivity index (χ3n) is 4.20. The molecule has 0 atom stereocenters. The predicted octanol–water partition coefficient (Wildman–Crippen LogP) is 3.62. The number of hydrogen-bond donors (Lipinski definition) is 3. The van der Waals surface area contributed by atoms with Crippen LogP contribution < -0.4 is 5.32 Å². The fourth-order valence-electron chi connectivity index (χ4n) is 3.04. The lowest BCUT2D eigenvalue weighted by molar-refractivity contribution is 0.0977. The molecule has 5 nitrogen and oxygen atoms in total. The SMILES string of the molecule is O=C1c2ccccc2C(=O)c2c(O)c(O)cc(Nc3ccccc3)c21. The zero-order valence-corrected chi connectivity index (χ0v) is 13.0. The number of hydrogen-bond acceptors (Lipinski definition) is 5. The molecule has 0 amide bonds.